The third-order valence-corrected chi connectivity index (χ3v) is 1.26. The van der Waals surface area contributed by atoms with Gasteiger partial charge in [0.15, 0.2) is 0 Å². The molecule has 2 rings (SSSR count). The Morgan fingerprint density at radius 1 is 1.75 bits per heavy atom. The Balaban J connectivity index is 2.54. The first-order valence-electron chi connectivity index (χ1n) is 2.54. The molecule has 0 saturated carbocycles. The van der Waals surface area contributed by atoms with E-state index in [1.54, 1.807) is 6.20 Å². The fourth-order valence-corrected chi connectivity index (χ4v) is 0.833. The zero-order chi connectivity index (χ0) is 5.40. The largest absolute Gasteiger partial charge is 0.353 e. The second-order valence-electron chi connectivity index (χ2n) is 1.79. The molecular weight excluding hydrogens is 104 g/mol. The molecule has 0 aliphatic carbocycles. The molecule has 0 fully saturated rings. The first-order valence-corrected chi connectivity index (χ1v) is 2.54. The van der Waals surface area contributed by atoms with Crippen molar-refractivity contribution >= 4 is 0 Å². The van der Waals surface area contributed by atoms with Gasteiger partial charge in [-0.25, -0.2) is 4.98 Å². The van der Waals surface area contributed by atoms with Crippen molar-refractivity contribution in [3.63, 3.8) is 0 Å². The maximum atomic E-state index is 5.06. The Bertz CT molecular complexity index is 176. The molecule has 1 aromatic rings. The molecule has 1 aliphatic rings. The summed E-state index contributed by atoms with van der Waals surface area (Å²) in [4.78, 5) is 4.03. The van der Waals surface area contributed by atoms with Crippen LogP contribution < -0.4 is 0 Å². The Morgan fingerprint density at radius 3 is 3.62 bits per heavy atom. The smallest absolute Gasteiger partial charge is 0.136 e. The second kappa shape index (κ2) is 1.32. The predicted octanol–water partition coefficient (Wildman–Crippen LogP) is 0.371. The highest BCUT2D eigenvalue weighted by Gasteiger charge is 2.08. The minimum atomic E-state index is 0.674. The highest BCUT2D eigenvalue weighted by Crippen LogP contribution is 2.06. The normalized spacial score (nSPS) is 16.5. The van der Waals surface area contributed by atoms with Crippen LogP contribution in [0.15, 0.2) is 12.4 Å². The Kier molecular flexibility index (Phi) is 0.676. The van der Waals surface area contributed by atoms with Crippen molar-refractivity contribution in [2.45, 2.75) is 13.3 Å². The fourth-order valence-electron chi connectivity index (χ4n) is 0.833. The first kappa shape index (κ1) is 4.09. The molecule has 0 bridgehead atoms. The molecule has 8 heavy (non-hydrogen) atoms. The van der Waals surface area contributed by atoms with E-state index in [9.17, 15) is 0 Å². The average molecular weight is 110 g/mol. The van der Waals surface area contributed by atoms with Gasteiger partial charge >= 0.3 is 0 Å². The summed E-state index contributed by atoms with van der Waals surface area (Å²) in [6.45, 7) is 1.35. The minimum Gasteiger partial charge on any atom is -0.353 e. The summed E-state index contributed by atoms with van der Waals surface area (Å²) in [5.41, 5.74) is 0. The molecule has 0 N–H and O–H groups in total. The number of rotatable bonds is 0. The van der Waals surface area contributed by atoms with Gasteiger partial charge in [-0.2, -0.15) is 0 Å². The lowest BCUT2D eigenvalue weighted by atomic mass is 10.7. The Hall–Kier alpha value is -0.830. The van der Waals surface area contributed by atoms with Crippen molar-refractivity contribution in [3.8, 4) is 0 Å². The summed E-state index contributed by atoms with van der Waals surface area (Å²) in [7, 11) is 0. The van der Waals surface area contributed by atoms with Crippen molar-refractivity contribution < 1.29 is 4.74 Å². The Labute approximate surface area is 46.9 Å². The molecule has 3 nitrogen and oxygen atoms in total. The lowest BCUT2D eigenvalue weighted by Crippen LogP contribution is -1.88. The van der Waals surface area contributed by atoms with E-state index in [1.165, 1.54) is 0 Å². The maximum Gasteiger partial charge on any atom is 0.136 e. The van der Waals surface area contributed by atoms with Gasteiger partial charge < -0.3 is 9.30 Å². The average Bonchev–Trinajstić information content (AvgIpc) is 2.15. The van der Waals surface area contributed by atoms with E-state index in [1.807, 2.05) is 10.8 Å². The van der Waals surface area contributed by atoms with Crippen molar-refractivity contribution in [1.29, 1.82) is 0 Å². The lowest BCUT2D eigenvalue weighted by molar-refractivity contribution is 0.108. The number of nitrogens with zero attached hydrogens (tertiary/aromatic N) is 2. The molecule has 0 unspecified atom stereocenters. The van der Waals surface area contributed by atoms with Crippen LogP contribution in [0.5, 0.6) is 0 Å². The van der Waals surface area contributed by atoms with Crippen LogP contribution in [0.4, 0.5) is 0 Å². The van der Waals surface area contributed by atoms with Crippen LogP contribution in [0.25, 0.3) is 0 Å². The summed E-state index contributed by atoms with van der Waals surface area (Å²) in [6.07, 6.45) is 3.71. The molecule has 0 atom stereocenters. The molecule has 1 aromatic heterocycles. The van der Waals surface area contributed by atoms with Crippen molar-refractivity contribution in [1.82, 2.24) is 9.55 Å². The molecule has 0 spiro atoms. The highest BCUT2D eigenvalue weighted by atomic mass is 16.5. The van der Waals surface area contributed by atoms with Crippen LogP contribution in [0.2, 0.25) is 0 Å². The van der Waals surface area contributed by atoms with Gasteiger partial charge in [0.2, 0.25) is 0 Å². The fraction of sp³-hybridized carbons (Fsp3) is 0.400. The van der Waals surface area contributed by atoms with Crippen molar-refractivity contribution in [3.05, 3.63) is 18.2 Å². The van der Waals surface area contributed by atoms with E-state index in [2.05, 4.69) is 4.98 Å². The second-order valence-corrected chi connectivity index (χ2v) is 1.79. The van der Waals surface area contributed by atoms with Gasteiger partial charge in [-0.15, -0.1) is 0 Å². The molecule has 1 aliphatic heterocycles. The van der Waals surface area contributed by atoms with Gasteiger partial charge in [-0.05, 0) is 0 Å². The molecule has 0 amide bonds. The predicted molar refractivity (Wildman–Crippen MR) is 27.0 cm³/mol. The Morgan fingerprint density at radius 2 is 2.75 bits per heavy atom. The first-order chi connectivity index (χ1) is 3.97. The third kappa shape index (κ3) is 0.391. The molecule has 42 valence electrons. The molecule has 0 saturated heterocycles. The lowest BCUT2D eigenvalue weighted by Gasteiger charge is -1.86. The van der Waals surface area contributed by atoms with E-state index in [4.69, 9.17) is 4.74 Å². The number of hydrogen-bond donors (Lipinski definition) is 0. The van der Waals surface area contributed by atoms with E-state index in [0.717, 1.165) is 5.82 Å². The minimum absolute atomic E-state index is 0.674. The maximum absolute atomic E-state index is 5.06. The van der Waals surface area contributed by atoms with Gasteiger partial charge in [0.25, 0.3) is 0 Å². The van der Waals surface area contributed by atoms with Crippen LogP contribution in [0.3, 0.4) is 0 Å². The summed E-state index contributed by atoms with van der Waals surface area (Å²) in [5, 5.41) is 0. The molecule has 0 aromatic carbocycles. The quantitative estimate of drug-likeness (QED) is 0.482. The van der Waals surface area contributed by atoms with Gasteiger partial charge in [0.05, 0.1) is 0 Å². The summed E-state index contributed by atoms with van der Waals surface area (Å²) >= 11 is 0. The van der Waals surface area contributed by atoms with Gasteiger partial charge in [-0.1, -0.05) is 0 Å². The summed E-state index contributed by atoms with van der Waals surface area (Å²) < 4.78 is 7.04. The molecular formula is C5H6N2O. The van der Waals surface area contributed by atoms with Crippen molar-refractivity contribution in [2.24, 2.45) is 0 Å². The standard InChI is InChI=1S/C5H6N2O/c1-2-7-4-8-3-5(7)6-1/h1-2H,3-4H2. The van der Waals surface area contributed by atoms with Crippen LogP contribution in [0.1, 0.15) is 5.82 Å². The number of ether oxygens (including phenoxy) is 1. The SMILES string of the molecule is c1cn2c(n1)COC2. The molecule has 3 heteroatoms. The topological polar surface area (TPSA) is 27.1 Å². The zero-order valence-electron chi connectivity index (χ0n) is 4.37. The van der Waals surface area contributed by atoms with Crippen LogP contribution >= 0.6 is 0 Å². The third-order valence-electron chi connectivity index (χ3n) is 1.26. The summed E-state index contributed by atoms with van der Waals surface area (Å²) in [6, 6.07) is 0. The molecule has 0 radical (unpaired) electrons. The number of fused-ring (bicyclic) bond motifs is 1. The van der Waals surface area contributed by atoms with Crippen LogP contribution in [0, 0.1) is 0 Å². The van der Waals surface area contributed by atoms with Gasteiger partial charge in [0.1, 0.15) is 19.2 Å². The van der Waals surface area contributed by atoms with Crippen LogP contribution in [-0.4, -0.2) is 9.55 Å². The van der Waals surface area contributed by atoms with Gasteiger partial charge in [-0.3, -0.25) is 0 Å². The highest BCUT2D eigenvalue weighted by molar-refractivity contribution is 4.91. The van der Waals surface area contributed by atoms with E-state index >= 15 is 0 Å². The van der Waals surface area contributed by atoms with Crippen molar-refractivity contribution in [2.75, 3.05) is 0 Å². The molecule has 2 heterocycles. The zero-order valence-corrected chi connectivity index (χ0v) is 4.37. The van der Waals surface area contributed by atoms with E-state index in [-0.39, 0.29) is 0 Å². The number of imidazole rings is 1. The summed E-state index contributed by atoms with van der Waals surface area (Å²) in [5.74, 6) is 1.03. The number of hydrogen-bond acceptors (Lipinski definition) is 2. The van der Waals surface area contributed by atoms with E-state index < -0.39 is 0 Å². The van der Waals surface area contributed by atoms with Crippen LogP contribution in [-0.2, 0) is 18.1 Å². The van der Waals surface area contributed by atoms with Gasteiger partial charge in [0, 0.05) is 12.4 Å². The number of aromatic nitrogens is 2. The van der Waals surface area contributed by atoms with E-state index in [0.29, 0.717) is 13.3 Å². The monoisotopic (exact) mass is 110 g/mol.